The molecule has 0 radical (unpaired) electrons. The summed E-state index contributed by atoms with van der Waals surface area (Å²) < 4.78 is 24.0. The molecule has 0 amide bonds. The zero-order chi connectivity index (χ0) is 10.1. The van der Waals surface area contributed by atoms with Gasteiger partial charge in [0, 0.05) is 10.2 Å². The van der Waals surface area contributed by atoms with Crippen molar-refractivity contribution in [1.82, 2.24) is 0 Å². The highest BCUT2D eigenvalue weighted by molar-refractivity contribution is 9.10. The van der Waals surface area contributed by atoms with Crippen LogP contribution in [0.15, 0.2) is 22.7 Å². The van der Waals surface area contributed by atoms with Crippen LogP contribution in [-0.2, 0) is 10.2 Å². The molecule has 1 aromatic carbocycles. The maximum Gasteiger partial charge on any atom is 0.296 e. The molecule has 5 N–H and O–H groups in total. The molecule has 0 saturated heterocycles. The van der Waals surface area contributed by atoms with Gasteiger partial charge in [-0.3, -0.25) is 4.72 Å². The number of rotatable bonds is 2. The lowest BCUT2D eigenvalue weighted by molar-refractivity contribution is 0.603. The third-order valence-electron chi connectivity index (χ3n) is 1.26. The van der Waals surface area contributed by atoms with E-state index < -0.39 is 10.2 Å². The van der Waals surface area contributed by atoms with Gasteiger partial charge < -0.3 is 5.73 Å². The Morgan fingerprint density at radius 3 is 2.46 bits per heavy atom. The number of nitrogens with one attached hydrogen (secondary N) is 1. The SMILES string of the molecule is Nc1ccc(NS(N)(=O)=O)cc1Br. The Hall–Kier alpha value is -0.790. The highest BCUT2D eigenvalue weighted by Crippen LogP contribution is 2.23. The Labute approximate surface area is 84.4 Å². The second-order valence-corrected chi connectivity index (χ2v) is 4.53. The highest BCUT2D eigenvalue weighted by Gasteiger charge is 2.03. The van der Waals surface area contributed by atoms with Gasteiger partial charge in [-0.15, -0.1) is 0 Å². The third-order valence-corrected chi connectivity index (χ3v) is 2.47. The average molecular weight is 266 g/mol. The molecule has 0 aliphatic rings. The van der Waals surface area contributed by atoms with Crippen molar-refractivity contribution in [3.63, 3.8) is 0 Å². The Bertz CT molecular complexity index is 418. The highest BCUT2D eigenvalue weighted by atomic mass is 79.9. The van der Waals surface area contributed by atoms with E-state index in [0.29, 0.717) is 15.8 Å². The Morgan fingerprint density at radius 1 is 1.38 bits per heavy atom. The van der Waals surface area contributed by atoms with Gasteiger partial charge >= 0.3 is 0 Å². The van der Waals surface area contributed by atoms with Crippen molar-refractivity contribution in [2.75, 3.05) is 10.5 Å². The summed E-state index contributed by atoms with van der Waals surface area (Å²) in [5.74, 6) is 0. The van der Waals surface area contributed by atoms with Gasteiger partial charge in [0.05, 0.1) is 5.69 Å². The predicted molar refractivity (Wildman–Crippen MR) is 55.3 cm³/mol. The van der Waals surface area contributed by atoms with Gasteiger partial charge in [0.2, 0.25) is 0 Å². The number of hydrogen-bond donors (Lipinski definition) is 3. The number of hydrogen-bond acceptors (Lipinski definition) is 3. The van der Waals surface area contributed by atoms with Crippen molar-refractivity contribution < 1.29 is 8.42 Å². The van der Waals surface area contributed by atoms with Crippen molar-refractivity contribution >= 4 is 37.5 Å². The van der Waals surface area contributed by atoms with E-state index in [4.69, 9.17) is 10.9 Å². The lowest BCUT2D eigenvalue weighted by atomic mass is 10.3. The molecule has 13 heavy (non-hydrogen) atoms. The molecular weight excluding hydrogens is 258 g/mol. The van der Waals surface area contributed by atoms with E-state index in [1.807, 2.05) is 0 Å². The van der Waals surface area contributed by atoms with Crippen LogP contribution in [-0.4, -0.2) is 8.42 Å². The summed E-state index contributed by atoms with van der Waals surface area (Å²) in [6, 6.07) is 4.61. The van der Waals surface area contributed by atoms with E-state index in [1.165, 1.54) is 12.1 Å². The molecule has 5 nitrogen and oxygen atoms in total. The van der Waals surface area contributed by atoms with E-state index in [2.05, 4.69) is 20.7 Å². The first-order chi connectivity index (χ1) is 5.88. The monoisotopic (exact) mass is 265 g/mol. The molecule has 7 heteroatoms. The minimum atomic E-state index is -3.72. The zero-order valence-electron chi connectivity index (χ0n) is 6.49. The van der Waals surface area contributed by atoms with Crippen LogP contribution in [0.25, 0.3) is 0 Å². The predicted octanol–water partition coefficient (Wildman–Crippen LogP) is 0.647. The molecule has 0 fully saturated rings. The first-order valence-electron chi connectivity index (χ1n) is 3.24. The van der Waals surface area contributed by atoms with Crippen LogP contribution in [0.5, 0.6) is 0 Å². The van der Waals surface area contributed by atoms with E-state index in [1.54, 1.807) is 6.07 Å². The van der Waals surface area contributed by atoms with Crippen LogP contribution < -0.4 is 15.6 Å². The van der Waals surface area contributed by atoms with E-state index in [-0.39, 0.29) is 0 Å². The van der Waals surface area contributed by atoms with Gasteiger partial charge in [-0.2, -0.15) is 8.42 Å². The standard InChI is InChI=1S/C6H8BrN3O2S/c7-5-3-4(1-2-6(5)8)10-13(9,11)12/h1-3,10H,8H2,(H2,9,11,12). The number of halogens is 1. The minimum Gasteiger partial charge on any atom is -0.398 e. The second kappa shape index (κ2) is 3.52. The summed E-state index contributed by atoms with van der Waals surface area (Å²) in [7, 11) is -3.72. The number of nitrogen functional groups attached to an aromatic ring is 1. The largest absolute Gasteiger partial charge is 0.398 e. The topological polar surface area (TPSA) is 98.2 Å². The van der Waals surface area contributed by atoms with Crippen LogP contribution in [0.1, 0.15) is 0 Å². The van der Waals surface area contributed by atoms with Crippen LogP contribution in [0.4, 0.5) is 11.4 Å². The maximum atomic E-state index is 10.6. The van der Waals surface area contributed by atoms with Crippen LogP contribution in [0.2, 0.25) is 0 Å². The molecule has 72 valence electrons. The average Bonchev–Trinajstić information content (AvgIpc) is 1.94. The van der Waals surface area contributed by atoms with Crippen molar-refractivity contribution in [3.8, 4) is 0 Å². The smallest absolute Gasteiger partial charge is 0.296 e. The fraction of sp³-hybridized carbons (Fsp3) is 0. The Balaban J connectivity index is 2.99. The molecule has 0 atom stereocenters. The van der Waals surface area contributed by atoms with E-state index >= 15 is 0 Å². The molecule has 0 spiro atoms. The van der Waals surface area contributed by atoms with Crippen LogP contribution in [0, 0.1) is 0 Å². The molecular formula is C6H8BrN3O2S. The molecule has 0 heterocycles. The molecule has 0 aromatic heterocycles. The molecule has 1 rings (SSSR count). The normalized spacial score (nSPS) is 11.2. The Morgan fingerprint density at radius 2 is 2.00 bits per heavy atom. The summed E-state index contributed by atoms with van der Waals surface area (Å²) in [6.45, 7) is 0. The van der Waals surface area contributed by atoms with Gasteiger partial charge in [-0.1, -0.05) is 0 Å². The Kier molecular flexibility index (Phi) is 2.79. The van der Waals surface area contributed by atoms with Gasteiger partial charge in [-0.25, -0.2) is 5.14 Å². The molecule has 0 bridgehead atoms. The fourth-order valence-corrected chi connectivity index (χ4v) is 1.59. The summed E-state index contributed by atoms with van der Waals surface area (Å²) in [4.78, 5) is 0. The van der Waals surface area contributed by atoms with Gasteiger partial charge in [0.15, 0.2) is 0 Å². The third kappa shape index (κ3) is 3.21. The summed E-state index contributed by atoms with van der Waals surface area (Å²) in [6.07, 6.45) is 0. The van der Waals surface area contributed by atoms with E-state index in [0.717, 1.165) is 0 Å². The van der Waals surface area contributed by atoms with Crippen LogP contribution in [0.3, 0.4) is 0 Å². The van der Waals surface area contributed by atoms with Crippen molar-refractivity contribution in [3.05, 3.63) is 22.7 Å². The first kappa shape index (κ1) is 10.3. The van der Waals surface area contributed by atoms with Crippen molar-refractivity contribution in [2.24, 2.45) is 5.14 Å². The summed E-state index contributed by atoms with van der Waals surface area (Å²) >= 11 is 3.15. The van der Waals surface area contributed by atoms with Gasteiger partial charge in [0.1, 0.15) is 0 Å². The lowest BCUT2D eigenvalue weighted by Gasteiger charge is -2.04. The number of nitrogens with two attached hydrogens (primary N) is 2. The minimum absolute atomic E-state index is 0.364. The molecule has 0 unspecified atom stereocenters. The second-order valence-electron chi connectivity index (χ2n) is 2.38. The number of anilines is 2. The fourth-order valence-electron chi connectivity index (χ4n) is 0.755. The first-order valence-corrected chi connectivity index (χ1v) is 5.58. The molecule has 0 aliphatic carbocycles. The van der Waals surface area contributed by atoms with Crippen molar-refractivity contribution in [2.45, 2.75) is 0 Å². The van der Waals surface area contributed by atoms with Gasteiger partial charge in [-0.05, 0) is 34.1 Å². The van der Waals surface area contributed by atoms with Crippen molar-refractivity contribution in [1.29, 1.82) is 0 Å². The molecule has 0 saturated carbocycles. The van der Waals surface area contributed by atoms with Gasteiger partial charge in [0.25, 0.3) is 10.2 Å². The zero-order valence-corrected chi connectivity index (χ0v) is 8.89. The quantitative estimate of drug-likeness (QED) is 0.685. The summed E-state index contributed by atoms with van der Waals surface area (Å²) in [5, 5.41) is 4.77. The summed E-state index contributed by atoms with van der Waals surface area (Å²) in [5.41, 5.74) is 6.39. The van der Waals surface area contributed by atoms with E-state index in [9.17, 15) is 8.42 Å². The lowest BCUT2D eigenvalue weighted by Crippen LogP contribution is -2.21. The number of benzene rings is 1. The molecule has 0 aliphatic heterocycles. The van der Waals surface area contributed by atoms with Crippen LogP contribution >= 0.6 is 15.9 Å². The molecule has 1 aromatic rings. The maximum absolute atomic E-state index is 10.6.